The van der Waals surface area contributed by atoms with Crippen molar-refractivity contribution in [2.45, 2.75) is 78.2 Å². The molecule has 2 aliphatic rings. The minimum absolute atomic E-state index is 0.590. The molecule has 1 heteroatoms. The van der Waals surface area contributed by atoms with Crippen LogP contribution >= 0.6 is 0 Å². The summed E-state index contributed by atoms with van der Waals surface area (Å²) in [6.07, 6.45) is 11.9. The lowest BCUT2D eigenvalue weighted by Gasteiger charge is -2.32. The van der Waals surface area contributed by atoms with Crippen molar-refractivity contribution in [3.05, 3.63) is 0 Å². The molecule has 0 saturated heterocycles. The van der Waals surface area contributed by atoms with Gasteiger partial charge in [-0.05, 0) is 42.9 Å². The van der Waals surface area contributed by atoms with E-state index in [-0.39, 0.29) is 0 Å². The highest BCUT2D eigenvalue weighted by atomic mass is 14.9. The highest BCUT2D eigenvalue weighted by Gasteiger charge is 2.41. The van der Waals surface area contributed by atoms with Gasteiger partial charge in [0.2, 0.25) is 0 Å². The van der Waals surface area contributed by atoms with Crippen LogP contribution in [-0.4, -0.2) is 12.6 Å². The fraction of sp³-hybridized carbons (Fsp3) is 1.00. The Balaban J connectivity index is 1.78. The largest absolute Gasteiger partial charge is 0.314 e. The highest BCUT2D eigenvalue weighted by molar-refractivity contribution is 4.93. The van der Waals surface area contributed by atoms with Crippen LogP contribution in [0.1, 0.15) is 72.1 Å². The minimum atomic E-state index is 0.590. The lowest BCUT2D eigenvalue weighted by molar-refractivity contribution is 0.209. The van der Waals surface area contributed by atoms with Crippen molar-refractivity contribution >= 4 is 0 Å². The highest BCUT2D eigenvalue weighted by Crippen LogP contribution is 2.49. The van der Waals surface area contributed by atoms with Crippen molar-refractivity contribution in [3.8, 4) is 0 Å². The van der Waals surface area contributed by atoms with Crippen LogP contribution in [0.5, 0.6) is 0 Å². The molecule has 100 valence electrons. The monoisotopic (exact) mass is 237 g/mol. The molecule has 0 aromatic heterocycles. The molecule has 0 aromatic carbocycles. The zero-order chi connectivity index (χ0) is 12.3. The number of rotatable bonds is 7. The third-order valence-electron chi connectivity index (χ3n) is 5.08. The van der Waals surface area contributed by atoms with Gasteiger partial charge in [0.1, 0.15) is 0 Å². The fourth-order valence-corrected chi connectivity index (χ4v) is 3.49. The van der Waals surface area contributed by atoms with Gasteiger partial charge in [-0.25, -0.2) is 0 Å². The first-order chi connectivity index (χ1) is 8.10. The third kappa shape index (κ3) is 3.98. The lowest BCUT2D eigenvalue weighted by atomic mass is 9.78. The second kappa shape index (κ2) is 5.73. The molecular weight excluding hydrogens is 206 g/mol. The minimum Gasteiger partial charge on any atom is -0.314 e. The summed E-state index contributed by atoms with van der Waals surface area (Å²) in [5.74, 6) is 2.09. The lowest BCUT2D eigenvalue weighted by Crippen LogP contribution is -2.37. The standard InChI is InChI=1S/C16H31N/c1-13(2)17-12-16(3,15-8-9-15)11-10-14-6-4-5-7-14/h13-15,17H,4-12H2,1-3H3. The van der Waals surface area contributed by atoms with Crippen LogP contribution in [0.15, 0.2) is 0 Å². The van der Waals surface area contributed by atoms with E-state index in [1.54, 1.807) is 0 Å². The molecular formula is C16H31N. The van der Waals surface area contributed by atoms with Crippen LogP contribution in [0.4, 0.5) is 0 Å². The van der Waals surface area contributed by atoms with Gasteiger partial charge in [-0.2, -0.15) is 0 Å². The van der Waals surface area contributed by atoms with E-state index in [1.165, 1.54) is 57.9 Å². The fourth-order valence-electron chi connectivity index (χ4n) is 3.49. The SMILES string of the molecule is CC(C)NCC(C)(CCC1CCCC1)C1CC1. The summed E-state index contributed by atoms with van der Waals surface area (Å²) in [5, 5.41) is 3.68. The summed E-state index contributed by atoms with van der Waals surface area (Å²) in [4.78, 5) is 0. The predicted molar refractivity (Wildman–Crippen MR) is 75.2 cm³/mol. The molecule has 1 atom stereocenters. The smallest absolute Gasteiger partial charge is 0.00106 e. The van der Waals surface area contributed by atoms with E-state index in [0.717, 1.165) is 11.8 Å². The van der Waals surface area contributed by atoms with E-state index < -0.39 is 0 Å². The van der Waals surface area contributed by atoms with Gasteiger partial charge in [0.05, 0.1) is 0 Å². The van der Waals surface area contributed by atoms with Crippen molar-refractivity contribution in [2.75, 3.05) is 6.54 Å². The van der Waals surface area contributed by atoms with E-state index in [2.05, 4.69) is 26.1 Å². The Morgan fingerprint density at radius 2 is 1.76 bits per heavy atom. The molecule has 17 heavy (non-hydrogen) atoms. The van der Waals surface area contributed by atoms with Crippen molar-refractivity contribution in [1.82, 2.24) is 5.32 Å². The van der Waals surface area contributed by atoms with Gasteiger partial charge in [0, 0.05) is 12.6 Å². The van der Waals surface area contributed by atoms with Crippen LogP contribution in [0.3, 0.4) is 0 Å². The molecule has 1 unspecified atom stereocenters. The molecule has 1 N–H and O–H groups in total. The molecule has 0 aromatic rings. The Morgan fingerprint density at radius 3 is 2.29 bits per heavy atom. The summed E-state index contributed by atoms with van der Waals surface area (Å²) in [6, 6.07) is 0.638. The normalized spacial score (nSPS) is 25.4. The van der Waals surface area contributed by atoms with Crippen molar-refractivity contribution < 1.29 is 0 Å². The molecule has 0 heterocycles. The van der Waals surface area contributed by atoms with E-state index in [0.29, 0.717) is 11.5 Å². The maximum absolute atomic E-state index is 3.68. The zero-order valence-corrected chi connectivity index (χ0v) is 12.1. The Bertz CT molecular complexity index is 226. The molecule has 1 nitrogen and oxygen atoms in total. The zero-order valence-electron chi connectivity index (χ0n) is 12.1. The van der Waals surface area contributed by atoms with E-state index in [9.17, 15) is 0 Å². The first-order valence-corrected chi connectivity index (χ1v) is 7.83. The maximum Gasteiger partial charge on any atom is 0.00106 e. The second-order valence-corrected chi connectivity index (χ2v) is 7.15. The number of hydrogen-bond donors (Lipinski definition) is 1. The van der Waals surface area contributed by atoms with Gasteiger partial charge < -0.3 is 5.32 Å². The number of hydrogen-bond acceptors (Lipinski definition) is 1. The van der Waals surface area contributed by atoms with E-state index in [1.807, 2.05) is 0 Å². The molecule has 2 saturated carbocycles. The summed E-state index contributed by atoms with van der Waals surface area (Å²) < 4.78 is 0. The molecule has 2 rings (SSSR count). The Labute approximate surface area is 108 Å². The topological polar surface area (TPSA) is 12.0 Å². The van der Waals surface area contributed by atoms with Gasteiger partial charge >= 0.3 is 0 Å². The van der Waals surface area contributed by atoms with Crippen molar-refractivity contribution in [3.63, 3.8) is 0 Å². The third-order valence-corrected chi connectivity index (χ3v) is 5.08. The quantitative estimate of drug-likeness (QED) is 0.693. The summed E-state index contributed by atoms with van der Waals surface area (Å²) in [6.45, 7) is 8.31. The molecule has 0 radical (unpaired) electrons. The Morgan fingerprint density at radius 1 is 1.12 bits per heavy atom. The van der Waals surface area contributed by atoms with Gasteiger partial charge in [-0.3, -0.25) is 0 Å². The van der Waals surface area contributed by atoms with Crippen LogP contribution in [0.25, 0.3) is 0 Å². The molecule has 0 spiro atoms. The first-order valence-electron chi connectivity index (χ1n) is 7.83. The summed E-state index contributed by atoms with van der Waals surface area (Å²) in [7, 11) is 0. The Kier molecular flexibility index (Phi) is 4.52. The second-order valence-electron chi connectivity index (χ2n) is 7.15. The molecule has 2 fully saturated rings. The van der Waals surface area contributed by atoms with Gasteiger partial charge in [-0.1, -0.05) is 46.5 Å². The van der Waals surface area contributed by atoms with Crippen LogP contribution in [-0.2, 0) is 0 Å². The Hall–Kier alpha value is -0.0400. The van der Waals surface area contributed by atoms with E-state index in [4.69, 9.17) is 0 Å². The predicted octanol–water partition coefficient (Wildman–Crippen LogP) is 4.37. The van der Waals surface area contributed by atoms with Gasteiger partial charge in [0.25, 0.3) is 0 Å². The average molecular weight is 237 g/mol. The maximum atomic E-state index is 3.68. The molecule has 0 bridgehead atoms. The van der Waals surface area contributed by atoms with Crippen LogP contribution in [0.2, 0.25) is 0 Å². The average Bonchev–Trinajstić information content (AvgIpc) is 3.02. The summed E-state index contributed by atoms with van der Waals surface area (Å²) in [5.41, 5.74) is 0.590. The molecule has 0 amide bonds. The van der Waals surface area contributed by atoms with Gasteiger partial charge in [0.15, 0.2) is 0 Å². The van der Waals surface area contributed by atoms with Crippen molar-refractivity contribution in [1.29, 1.82) is 0 Å². The first kappa shape index (κ1) is 13.4. The number of nitrogens with one attached hydrogen (secondary N) is 1. The molecule has 2 aliphatic carbocycles. The molecule has 0 aliphatic heterocycles. The van der Waals surface area contributed by atoms with Crippen molar-refractivity contribution in [2.24, 2.45) is 17.3 Å². The van der Waals surface area contributed by atoms with Crippen LogP contribution < -0.4 is 5.32 Å². The van der Waals surface area contributed by atoms with E-state index >= 15 is 0 Å². The summed E-state index contributed by atoms with van der Waals surface area (Å²) >= 11 is 0. The van der Waals surface area contributed by atoms with Gasteiger partial charge in [-0.15, -0.1) is 0 Å². The van der Waals surface area contributed by atoms with Crippen LogP contribution in [0, 0.1) is 17.3 Å².